The van der Waals surface area contributed by atoms with Crippen LogP contribution in [0.1, 0.15) is 0 Å². The van der Waals surface area contributed by atoms with E-state index in [1.54, 1.807) is 38.5 Å². The average molecular weight is 464 g/mol. The lowest BCUT2D eigenvalue weighted by Gasteiger charge is -2.09. The Morgan fingerprint density at radius 2 is 1.87 bits per heavy atom. The van der Waals surface area contributed by atoms with Gasteiger partial charge in [-0.15, -0.1) is 11.3 Å². The normalized spacial score (nSPS) is 10.2. The van der Waals surface area contributed by atoms with Crippen molar-refractivity contribution in [2.45, 2.75) is 0 Å². The Hall–Kier alpha value is -2.88. The second kappa shape index (κ2) is 10.2. The number of anilines is 1. The van der Waals surface area contributed by atoms with Crippen LogP contribution in [0.5, 0.6) is 17.2 Å². The lowest BCUT2D eigenvalue weighted by molar-refractivity contribution is -0.121. The number of halogens is 1. The third-order valence-corrected chi connectivity index (χ3v) is 5.05. The highest BCUT2D eigenvalue weighted by Crippen LogP contribution is 2.33. The molecule has 0 aliphatic rings. The smallest absolute Gasteiger partial charge is 0.264 e. The molecule has 156 valence electrons. The standard InChI is InChI=1S/C20H18ClN3O4S2/c1-26-16-8-3-12(9-17(16)27-2)15-11-30-20(22-15)24-19(29)23-18(25)10-28-14-6-4-13(21)5-7-14/h3-9,11H,10H2,1-2H3,(H2,22,23,24,25,29). The monoisotopic (exact) mass is 463 g/mol. The van der Waals surface area contributed by atoms with Gasteiger partial charge in [0, 0.05) is 16.0 Å². The molecule has 0 atom stereocenters. The number of carbonyl (C=O) groups is 1. The van der Waals surface area contributed by atoms with Gasteiger partial charge >= 0.3 is 0 Å². The van der Waals surface area contributed by atoms with Gasteiger partial charge in [0.05, 0.1) is 19.9 Å². The van der Waals surface area contributed by atoms with E-state index < -0.39 is 0 Å². The molecule has 3 aromatic rings. The van der Waals surface area contributed by atoms with Crippen molar-refractivity contribution in [3.63, 3.8) is 0 Å². The molecule has 2 aromatic carbocycles. The first-order chi connectivity index (χ1) is 14.5. The van der Waals surface area contributed by atoms with Crippen LogP contribution in [-0.4, -0.2) is 36.8 Å². The average Bonchev–Trinajstić information content (AvgIpc) is 3.21. The summed E-state index contributed by atoms with van der Waals surface area (Å²) in [4.78, 5) is 16.5. The summed E-state index contributed by atoms with van der Waals surface area (Å²) < 4.78 is 16.0. The fourth-order valence-electron chi connectivity index (χ4n) is 2.43. The van der Waals surface area contributed by atoms with E-state index in [-0.39, 0.29) is 17.6 Å². The molecule has 7 nitrogen and oxygen atoms in total. The molecule has 0 fully saturated rings. The van der Waals surface area contributed by atoms with Gasteiger partial charge in [0.2, 0.25) is 0 Å². The summed E-state index contributed by atoms with van der Waals surface area (Å²) in [6.45, 7) is -0.182. The van der Waals surface area contributed by atoms with Gasteiger partial charge in [0.25, 0.3) is 5.91 Å². The zero-order chi connectivity index (χ0) is 21.5. The maximum atomic E-state index is 12.0. The topological polar surface area (TPSA) is 81.7 Å². The van der Waals surface area contributed by atoms with Gasteiger partial charge in [0.1, 0.15) is 5.75 Å². The van der Waals surface area contributed by atoms with Crippen LogP contribution in [-0.2, 0) is 4.79 Å². The first kappa shape index (κ1) is 21.8. The zero-order valence-corrected chi connectivity index (χ0v) is 18.5. The first-order valence-electron chi connectivity index (χ1n) is 8.65. The van der Waals surface area contributed by atoms with Gasteiger partial charge in [-0.2, -0.15) is 0 Å². The molecule has 1 aromatic heterocycles. The number of carbonyl (C=O) groups excluding carboxylic acids is 1. The van der Waals surface area contributed by atoms with Gasteiger partial charge in [0.15, 0.2) is 28.3 Å². The van der Waals surface area contributed by atoms with Crippen molar-refractivity contribution in [3.05, 3.63) is 52.9 Å². The van der Waals surface area contributed by atoms with Crippen LogP contribution in [0.4, 0.5) is 5.13 Å². The fraction of sp³-hybridized carbons (Fsp3) is 0.150. The molecule has 1 heterocycles. The van der Waals surface area contributed by atoms with Crippen LogP contribution in [0.3, 0.4) is 0 Å². The molecule has 0 spiro atoms. The second-order valence-electron chi connectivity index (χ2n) is 5.85. The molecular weight excluding hydrogens is 446 g/mol. The van der Waals surface area contributed by atoms with Crippen molar-refractivity contribution < 1.29 is 19.0 Å². The molecule has 0 radical (unpaired) electrons. The highest BCUT2D eigenvalue weighted by atomic mass is 35.5. The van der Waals surface area contributed by atoms with Gasteiger partial charge < -0.3 is 19.5 Å². The summed E-state index contributed by atoms with van der Waals surface area (Å²) in [5, 5.41) is 8.59. The van der Waals surface area contributed by atoms with Gasteiger partial charge in [-0.05, 0) is 54.7 Å². The molecule has 0 saturated heterocycles. The number of methoxy groups -OCH3 is 2. The van der Waals surface area contributed by atoms with Crippen LogP contribution >= 0.6 is 35.2 Å². The number of nitrogens with zero attached hydrogens (tertiary/aromatic N) is 1. The Morgan fingerprint density at radius 1 is 1.13 bits per heavy atom. The van der Waals surface area contributed by atoms with Crippen molar-refractivity contribution >= 4 is 51.3 Å². The Kier molecular flexibility index (Phi) is 7.45. The quantitative estimate of drug-likeness (QED) is 0.503. The SMILES string of the molecule is COc1ccc(-c2csc(NC(=S)NC(=O)COc3ccc(Cl)cc3)n2)cc1OC. The molecular formula is C20H18ClN3O4S2. The number of nitrogens with one attached hydrogen (secondary N) is 2. The molecule has 0 bridgehead atoms. The molecule has 0 aliphatic carbocycles. The van der Waals surface area contributed by atoms with Crippen LogP contribution in [0.25, 0.3) is 11.3 Å². The lowest BCUT2D eigenvalue weighted by Crippen LogP contribution is -2.37. The van der Waals surface area contributed by atoms with E-state index >= 15 is 0 Å². The second-order valence-corrected chi connectivity index (χ2v) is 7.56. The predicted octanol–water partition coefficient (Wildman–Crippen LogP) is 4.37. The predicted molar refractivity (Wildman–Crippen MR) is 122 cm³/mol. The molecule has 0 saturated carbocycles. The maximum Gasteiger partial charge on any atom is 0.264 e. The fourth-order valence-corrected chi connectivity index (χ4v) is 3.56. The molecule has 1 amide bonds. The summed E-state index contributed by atoms with van der Waals surface area (Å²) in [6.07, 6.45) is 0. The Balaban J connectivity index is 1.54. The third-order valence-electron chi connectivity index (χ3n) is 3.84. The van der Waals surface area contributed by atoms with Crippen molar-refractivity contribution in [2.24, 2.45) is 0 Å². The van der Waals surface area contributed by atoms with Crippen LogP contribution in [0.15, 0.2) is 47.8 Å². The number of benzene rings is 2. The maximum absolute atomic E-state index is 12.0. The summed E-state index contributed by atoms with van der Waals surface area (Å²) in [5.74, 6) is 1.40. The minimum absolute atomic E-state index is 0.132. The lowest BCUT2D eigenvalue weighted by atomic mass is 10.1. The van der Waals surface area contributed by atoms with E-state index in [1.165, 1.54) is 11.3 Å². The van der Waals surface area contributed by atoms with Crippen molar-refractivity contribution in [3.8, 4) is 28.5 Å². The summed E-state index contributed by atoms with van der Waals surface area (Å²) in [5.41, 5.74) is 1.60. The molecule has 10 heteroatoms. The van der Waals surface area contributed by atoms with E-state index in [0.29, 0.717) is 27.4 Å². The van der Waals surface area contributed by atoms with E-state index in [1.807, 2.05) is 23.6 Å². The molecule has 2 N–H and O–H groups in total. The number of thiazole rings is 1. The summed E-state index contributed by atoms with van der Waals surface area (Å²) in [7, 11) is 3.16. The van der Waals surface area contributed by atoms with Crippen molar-refractivity contribution in [1.82, 2.24) is 10.3 Å². The van der Waals surface area contributed by atoms with E-state index in [0.717, 1.165) is 11.3 Å². The third kappa shape index (κ3) is 5.82. The number of thiocarbonyl (C=S) groups is 1. The zero-order valence-electron chi connectivity index (χ0n) is 16.1. The molecule has 3 rings (SSSR count). The molecule has 0 aliphatic heterocycles. The molecule has 30 heavy (non-hydrogen) atoms. The summed E-state index contributed by atoms with van der Waals surface area (Å²) in [6, 6.07) is 12.3. The van der Waals surface area contributed by atoms with E-state index in [2.05, 4.69) is 15.6 Å². The van der Waals surface area contributed by atoms with Gasteiger partial charge in [-0.3, -0.25) is 10.1 Å². The number of amides is 1. The number of hydrogen-bond acceptors (Lipinski definition) is 7. The highest BCUT2D eigenvalue weighted by molar-refractivity contribution is 7.80. The minimum Gasteiger partial charge on any atom is -0.493 e. The first-order valence-corrected chi connectivity index (χ1v) is 10.3. The Labute approximate surface area is 187 Å². The largest absolute Gasteiger partial charge is 0.493 e. The molecule has 0 unspecified atom stereocenters. The number of hydrogen-bond donors (Lipinski definition) is 2. The van der Waals surface area contributed by atoms with Gasteiger partial charge in [-0.25, -0.2) is 4.98 Å². The Bertz CT molecular complexity index is 1040. The number of ether oxygens (including phenoxy) is 3. The van der Waals surface area contributed by atoms with Gasteiger partial charge in [-0.1, -0.05) is 11.6 Å². The van der Waals surface area contributed by atoms with Crippen molar-refractivity contribution in [1.29, 1.82) is 0 Å². The summed E-state index contributed by atoms with van der Waals surface area (Å²) >= 11 is 12.3. The number of rotatable bonds is 7. The van der Waals surface area contributed by atoms with Crippen LogP contribution in [0, 0.1) is 0 Å². The van der Waals surface area contributed by atoms with Crippen LogP contribution in [0.2, 0.25) is 5.02 Å². The van der Waals surface area contributed by atoms with Crippen molar-refractivity contribution in [2.75, 3.05) is 26.1 Å². The van der Waals surface area contributed by atoms with Crippen LogP contribution < -0.4 is 24.8 Å². The Morgan fingerprint density at radius 3 is 2.57 bits per heavy atom. The van der Waals surface area contributed by atoms with E-state index in [4.69, 9.17) is 38.0 Å². The van der Waals surface area contributed by atoms with E-state index in [9.17, 15) is 4.79 Å². The highest BCUT2D eigenvalue weighted by Gasteiger charge is 2.11. The minimum atomic E-state index is -0.390. The number of aromatic nitrogens is 1.